The second kappa shape index (κ2) is 10.1. The van der Waals surface area contributed by atoms with Crippen molar-refractivity contribution in [2.24, 2.45) is 0 Å². The van der Waals surface area contributed by atoms with Gasteiger partial charge in [0.05, 0.1) is 23.9 Å². The number of rotatable bonds is 8. The molecule has 1 saturated carbocycles. The number of amides is 1. The Morgan fingerprint density at radius 1 is 1.11 bits per heavy atom. The van der Waals surface area contributed by atoms with Crippen LogP contribution < -0.4 is 25.5 Å². The van der Waals surface area contributed by atoms with Crippen LogP contribution in [0.2, 0.25) is 0 Å². The maximum atomic E-state index is 12.4. The van der Waals surface area contributed by atoms with Crippen LogP contribution >= 0.6 is 0 Å². The van der Waals surface area contributed by atoms with Crippen molar-refractivity contribution in [3.05, 3.63) is 58.5 Å². The number of methoxy groups -OCH3 is 2. The Morgan fingerprint density at radius 3 is 2.68 bits per heavy atom. The van der Waals surface area contributed by atoms with Crippen molar-refractivity contribution >= 4 is 22.6 Å². The summed E-state index contributed by atoms with van der Waals surface area (Å²) in [6, 6.07) is 11.0. The summed E-state index contributed by atoms with van der Waals surface area (Å²) < 4.78 is 19.0. The van der Waals surface area contributed by atoms with E-state index in [0.29, 0.717) is 23.5 Å². The molecule has 5 rings (SSSR count). The van der Waals surface area contributed by atoms with E-state index in [1.54, 1.807) is 20.3 Å². The number of aromatic nitrogens is 2. The molecule has 0 spiro atoms. The summed E-state index contributed by atoms with van der Waals surface area (Å²) in [7, 11) is 3.43. The lowest BCUT2D eigenvalue weighted by Crippen LogP contribution is -2.50. The number of pyridine rings is 2. The van der Waals surface area contributed by atoms with Gasteiger partial charge in [-0.2, -0.15) is 0 Å². The number of hydrogen-bond donors (Lipinski definition) is 2. The summed E-state index contributed by atoms with van der Waals surface area (Å²) in [4.78, 5) is 28.5. The zero-order valence-electron chi connectivity index (χ0n) is 21.6. The third kappa shape index (κ3) is 5.33. The second-order valence-electron chi connectivity index (χ2n) is 10.3. The Labute approximate surface area is 216 Å². The van der Waals surface area contributed by atoms with Gasteiger partial charge < -0.3 is 29.4 Å². The molecule has 37 heavy (non-hydrogen) atoms. The van der Waals surface area contributed by atoms with Gasteiger partial charge in [0, 0.05) is 49.5 Å². The van der Waals surface area contributed by atoms with Gasteiger partial charge in [-0.15, -0.1) is 0 Å². The van der Waals surface area contributed by atoms with Crippen LogP contribution in [0.15, 0.2) is 47.4 Å². The lowest BCUT2D eigenvalue weighted by Gasteiger charge is -2.45. The summed E-state index contributed by atoms with van der Waals surface area (Å²) in [5, 5.41) is 7.15. The van der Waals surface area contributed by atoms with Crippen molar-refractivity contribution in [3.8, 4) is 11.5 Å². The van der Waals surface area contributed by atoms with Crippen LogP contribution in [0.1, 0.15) is 44.7 Å². The van der Waals surface area contributed by atoms with Crippen molar-refractivity contribution in [2.75, 3.05) is 26.1 Å². The van der Waals surface area contributed by atoms with Crippen LogP contribution in [0.3, 0.4) is 0 Å². The highest BCUT2D eigenvalue weighted by Gasteiger charge is 2.40. The molecule has 1 aromatic carbocycles. The van der Waals surface area contributed by atoms with Crippen LogP contribution in [0.4, 0.5) is 5.82 Å². The third-order valence-electron chi connectivity index (χ3n) is 7.92. The Kier molecular flexibility index (Phi) is 6.92. The van der Waals surface area contributed by atoms with Crippen LogP contribution in [0, 0.1) is 0 Å². The molecular formula is C28H34N4O5. The van der Waals surface area contributed by atoms with E-state index in [1.165, 1.54) is 0 Å². The van der Waals surface area contributed by atoms with Gasteiger partial charge in [-0.05, 0) is 63.3 Å². The van der Waals surface area contributed by atoms with Gasteiger partial charge >= 0.3 is 0 Å². The molecule has 2 aliphatic rings. The molecule has 0 atom stereocenters. The molecule has 9 heteroatoms. The lowest BCUT2D eigenvalue weighted by atomic mass is 9.73. The molecule has 2 N–H and O–H groups in total. The number of hydrogen-bond acceptors (Lipinski definition) is 7. The van der Waals surface area contributed by atoms with Gasteiger partial charge in [-0.3, -0.25) is 9.59 Å². The van der Waals surface area contributed by atoms with Crippen LogP contribution in [-0.2, 0) is 22.6 Å². The average molecular weight is 507 g/mol. The summed E-state index contributed by atoms with van der Waals surface area (Å²) >= 11 is 0. The number of benzene rings is 1. The van der Waals surface area contributed by atoms with E-state index in [4.69, 9.17) is 14.2 Å². The molecule has 1 aliphatic carbocycles. The lowest BCUT2D eigenvalue weighted by molar-refractivity contribution is -0.118. The molecule has 0 unspecified atom stereocenters. The third-order valence-corrected chi connectivity index (χ3v) is 7.92. The Hall–Kier alpha value is -3.43. The Morgan fingerprint density at radius 2 is 1.92 bits per heavy atom. The molecule has 1 amide bonds. The van der Waals surface area contributed by atoms with Gasteiger partial charge in [0.1, 0.15) is 5.75 Å². The number of fused-ring (bicyclic) bond motifs is 2. The Balaban J connectivity index is 1.22. The van der Waals surface area contributed by atoms with Crippen molar-refractivity contribution in [2.45, 2.75) is 63.3 Å². The summed E-state index contributed by atoms with van der Waals surface area (Å²) in [6.45, 7) is 3.62. The molecule has 0 bridgehead atoms. The maximum absolute atomic E-state index is 12.4. The van der Waals surface area contributed by atoms with E-state index in [1.807, 2.05) is 36.5 Å². The summed E-state index contributed by atoms with van der Waals surface area (Å²) in [6.07, 6.45) is 6.49. The van der Waals surface area contributed by atoms with Gasteiger partial charge in [0.25, 0.3) is 5.91 Å². The highest BCUT2D eigenvalue weighted by Crippen LogP contribution is 2.40. The van der Waals surface area contributed by atoms with Crippen molar-refractivity contribution < 1.29 is 19.0 Å². The topological polar surface area (TPSA) is 104 Å². The van der Waals surface area contributed by atoms with Crippen LogP contribution in [-0.4, -0.2) is 47.4 Å². The monoisotopic (exact) mass is 506 g/mol. The van der Waals surface area contributed by atoms with Crippen molar-refractivity contribution in [1.82, 2.24) is 14.9 Å². The Bertz CT molecular complexity index is 1360. The number of carbonyl (C=O) groups is 1. The van der Waals surface area contributed by atoms with Gasteiger partial charge in [-0.25, -0.2) is 4.98 Å². The molecule has 3 aromatic rings. The zero-order valence-corrected chi connectivity index (χ0v) is 21.6. The predicted molar refractivity (Wildman–Crippen MR) is 141 cm³/mol. The highest BCUT2D eigenvalue weighted by atomic mass is 16.5. The standard InChI is InChI=1S/C28H34N4O5/c1-27(29-17-19-4-7-24-26(30-19)31-25(34)18-37-24)9-11-28(36-3,12-10-27)13-15-32-14-8-23(33)21-6-5-20(35-2)16-22(21)32/h4-8,14,16,29H,9-13,15,17-18H2,1-3H3,(H,30,31,34). The summed E-state index contributed by atoms with van der Waals surface area (Å²) in [5.41, 5.74) is 1.48. The highest BCUT2D eigenvalue weighted by molar-refractivity contribution is 5.94. The second-order valence-corrected chi connectivity index (χ2v) is 10.3. The van der Waals surface area contributed by atoms with Gasteiger partial charge in [-0.1, -0.05) is 0 Å². The number of ether oxygens (including phenoxy) is 3. The van der Waals surface area contributed by atoms with E-state index >= 15 is 0 Å². The minimum absolute atomic E-state index is 0.0122. The van der Waals surface area contributed by atoms with E-state index in [9.17, 15) is 9.59 Å². The number of aryl methyl sites for hydroxylation is 1. The normalized spacial score (nSPS) is 23.3. The predicted octanol–water partition coefficient (Wildman–Crippen LogP) is 3.63. The van der Waals surface area contributed by atoms with Gasteiger partial charge in [0.2, 0.25) is 0 Å². The first-order valence-corrected chi connectivity index (χ1v) is 12.7. The molecular weight excluding hydrogens is 472 g/mol. The number of anilines is 1. The van der Waals surface area contributed by atoms with Crippen molar-refractivity contribution in [3.63, 3.8) is 0 Å². The fraction of sp³-hybridized carbons (Fsp3) is 0.464. The smallest absolute Gasteiger partial charge is 0.263 e. The van der Waals surface area contributed by atoms with Gasteiger partial charge in [0.15, 0.2) is 23.6 Å². The van der Waals surface area contributed by atoms with E-state index in [-0.39, 0.29) is 29.1 Å². The van der Waals surface area contributed by atoms with Crippen LogP contribution in [0.5, 0.6) is 11.5 Å². The first kappa shape index (κ1) is 25.2. The molecule has 1 fully saturated rings. The number of nitrogens with one attached hydrogen (secondary N) is 2. The average Bonchev–Trinajstić information content (AvgIpc) is 2.92. The molecule has 0 radical (unpaired) electrons. The molecule has 196 valence electrons. The fourth-order valence-electron chi connectivity index (χ4n) is 5.33. The molecule has 2 aromatic heterocycles. The van der Waals surface area contributed by atoms with E-state index in [0.717, 1.165) is 55.6 Å². The van der Waals surface area contributed by atoms with E-state index in [2.05, 4.69) is 27.1 Å². The number of carbonyl (C=O) groups excluding carboxylic acids is 1. The molecule has 0 saturated heterocycles. The zero-order chi connectivity index (χ0) is 26.0. The SMILES string of the molecule is COc1ccc2c(=O)ccn(CCC3(OC)CCC(C)(NCc4ccc5c(n4)NC(=O)CO5)CC3)c2c1. The first-order chi connectivity index (χ1) is 17.8. The largest absolute Gasteiger partial charge is 0.497 e. The molecule has 3 heterocycles. The number of nitrogens with zero attached hydrogens (tertiary/aromatic N) is 2. The van der Waals surface area contributed by atoms with Crippen molar-refractivity contribution in [1.29, 1.82) is 0 Å². The maximum Gasteiger partial charge on any atom is 0.263 e. The van der Waals surface area contributed by atoms with Crippen LogP contribution in [0.25, 0.3) is 10.9 Å². The molecule has 9 nitrogen and oxygen atoms in total. The summed E-state index contributed by atoms with van der Waals surface area (Å²) in [5.74, 6) is 1.63. The first-order valence-electron chi connectivity index (χ1n) is 12.7. The van der Waals surface area contributed by atoms with E-state index < -0.39 is 0 Å². The quantitative estimate of drug-likeness (QED) is 0.481. The minimum atomic E-state index is -0.221. The fourth-order valence-corrected chi connectivity index (χ4v) is 5.33. The minimum Gasteiger partial charge on any atom is -0.497 e. The molecule has 1 aliphatic heterocycles.